The normalized spacial score (nSPS) is 20.2. The van der Waals surface area contributed by atoms with Crippen molar-refractivity contribution in [2.45, 2.75) is 57.9 Å². The highest BCUT2D eigenvalue weighted by molar-refractivity contribution is 7.99. The number of carbonyl (C=O) groups is 1. The molecule has 2 aromatic rings. The zero-order chi connectivity index (χ0) is 19.2. The van der Waals surface area contributed by atoms with Crippen molar-refractivity contribution in [1.82, 2.24) is 15.6 Å². The largest absolute Gasteiger partial charge is 0.349 e. The van der Waals surface area contributed by atoms with Gasteiger partial charge in [0.1, 0.15) is 5.69 Å². The van der Waals surface area contributed by atoms with E-state index in [-0.39, 0.29) is 11.3 Å². The molecule has 0 spiro atoms. The van der Waals surface area contributed by atoms with E-state index in [0.717, 1.165) is 22.7 Å². The second-order valence-corrected chi connectivity index (χ2v) is 9.97. The summed E-state index contributed by atoms with van der Waals surface area (Å²) in [5, 5.41) is 7.63. The molecule has 2 fully saturated rings. The maximum Gasteiger partial charge on any atom is 0.269 e. The maximum atomic E-state index is 12.7. The van der Waals surface area contributed by atoms with Gasteiger partial charge in [0.15, 0.2) is 0 Å². The standard InChI is InChI=1S/C22H29N3OS/c1-13-7-19(21(26)23-10-16-11-27-12-24-16)25-20-17(13)8-15(14-5-6-14)9-18(20)22(2,3)4/h7-9,14,16,24H,5-6,10-12H2,1-4H3,(H,23,26)/t16-/m1/s1. The molecule has 4 nitrogen and oxygen atoms in total. The lowest BCUT2D eigenvalue weighted by Gasteiger charge is -2.23. The summed E-state index contributed by atoms with van der Waals surface area (Å²) in [6, 6.07) is 6.92. The molecule has 2 aliphatic rings. The monoisotopic (exact) mass is 383 g/mol. The van der Waals surface area contributed by atoms with Crippen LogP contribution in [-0.4, -0.2) is 35.1 Å². The fourth-order valence-electron chi connectivity index (χ4n) is 3.73. The number of rotatable bonds is 4. The summed E-state index contributed by atoms with van der Waals surface area (Å²) in [6.45, 7) is 9.43. The number of fused-ring (bicyclic) bond motifs is 1. The molecule has 4 rings (SSSR count). The highest BCUT2D eigenvalue weighted by atomic mass is 32.2. The molecule has 1 amide bonds. The summed E-state index contributed by atoms with van der Waals surface area (Å²) >= 11 is 1.87. The highest BCUT2D eigenvalue weighted by Crippen LogP contribution is 2.43. The van der Waals surface area contributed by atoms with Crippen molar-refractivity contribution in [2.24, 2.45) is 0 Å². The lowest BCUT2D eigenvalue weighted by atomic mass is 9.83. The summed E-state index contributed by atoms with van der Waals surface area (Å²) in [6.07, 6.45) is 2.57. The zero-order valence-electron chi connectivity index (χ0n) is 16.7. The van der Waals surface area contributed by atoms with Crippen LogP contribution in [0.1, 0.15) is 66.7 Å². The van der Waals surface area contributed by atoms with Crippen LogP contribution in [0.5, 0.6) is 0 Å². The van der Waals surface area contributed by atoms with E-state index < -0.39 is 0 Å². The lowest BCUT2D eigenvalue weighted by Crippen LogP contribution is -2.38. The van der Waals surface area contributed by atoms with Crippen LogP contribution in [0, 0.1) is 6.92 Å². The molecule has 1 aromatic carbocycles. The van der Waals surface area contributed by atoms with Crippen LogP contribution < -0.4 is 10.6 Å². The molecule has 1 aliphatic carbocycles. The van der Waals surface area contributed by atoms with Crippen molar-refractivity contribution in [1.29, 1.82) is 0 Å². The molecule has 2 N–H and O–H groups in total. The number of aromatic nitrogens is 1. The number of thioether (sulfide) groups is 1. The third-order valence-electron chi connectivity index (χ3n) is 5.53. The minimum Gasteiger partial charge on any atom is -0.349 e. The molecule has 0 bridgehead atoms. The van der Waals surface area contributed by atoms with Gasteiger partial charge < -0.3 is 10.6 Å². The molecule has 0 radical (unpaired) electrons. The third kappa shape index (κ3) is 3.99. The van der Waals surface area contributed by atoms with Crippen molar-refractivity contribution in [3.63, 3.8) is 0 Å². The number of aryl methyl sites for hydroxylation is 1. The van der Waals surface area contributed by atoms with Crippen molar-refractivity contribution in [3.05, 3.63) is 40.6 Å². The molecule has 27 heavy (non-hydrogen) atoms. The number of hydrogen-bond acceptors (Lipinski definition) is 4. The summed E-state index contributed by atoms with van der Waals surface area (Å²) in [4.78, 5) is 17.6. The fourth-order valence-corrected chi connectivity index (χ4v) is 4.72. The number of pyridine rings is 1. The molecule has 1 saturated carbocycles. The number of hydrogen-bond donors (Lipinski definition) is 2. The second kappa shape index (κ2) is 7.10. The minimum absolute atomic E-state index is 0.0112. The predicted octanol–water partition coefficient (Wildman–Crippen LogP) is 4.11. The number of benzene rings is 1. The van der Waals surface area contributed by atoms with Crippen molar-refractivity contribution >= 4 is 28.6 Å². The quantitative estimate of drug-likeness (QED) is 0.834. The molecule has 1 saturated heterocycles. The molecule has 144 valence electrons. The van der Waals surface area contributed by atoms with Gasteiger partial charge in [-0.05, 0) is 59.9 Å². The molecular formula is C22H29N3OS. The van der Waals surface area contributed by atoms with Crippen LogP contribution in [0.3, 0.4) is 0 Å². The van der Waals surface area contributed by atoms with Gasteiger partial charge in [-0.1, -0.05) is 26.8 Å². The number of amides is 1. The van der Waals surface area contributed by atoms with Crippen LogP contribution in [0.15, 0.2) is 18.2 Å². The molecule has 0 unspecified atom stereocenters. The Labute approximate surface area is 165 Å². The summed E-state index contributed by atoms with van der Waals surface area (Å²) < 4.78 is 0. The maximum absolute atomic E-state index is 12.7. The zero-order valence-corrected chi connectivity index (χ0v) is 17.5. The highest BCUT2D eigenvalue weighted by Gasteiger charge is 2.28. The number of carbonyl (C=O) groups excluding carboxylic acids is 1. The molecule has 2 heterocycles. The van der Waals surface area contributed by atoms with Gasteiger partial charge in [0.2, 0.25) is 0 Å². The van der Waals surface area contributed by atoms with Gasteiger partial charge in [-0.2, -0.15) is 0 Å². The van der Waals surface area contributed by atoms with Gasteiger partial charge in [-0.3, -0.25) is 4.79 Å². The smallest absolute Gasteiger partial charge is 0.269 e. The van der Waals surface area contributed by atoms with E-state index in [1.165, 1.54) is 29.4 Å². The van der Waals surface area contributed by atoms with Crippen LogP contribution in [0.25, 0.3) is 10.9 Å². The van der Waals surface area contributed by atoms with Gasteiger partial charge in [-0.25, -0.2) is 4.98 Å². The average Bonchev–Trinajstić information content (AvgIpc) is 3.34. The Balaban J connectivity index is 1.70. The number of nitrogens with zero attached hydrogens (tertiary/aromatic N) is 1. The predicted molar refractivity (Wildman–Crippen MR) is 114 cm³/mol. The molecule has 1 aliphatic heterocycles. The lowest BCUT2D eigenvalue weighted by molar-refractivity contribution is 0.0946. The third-order valence-corrected chi connectivity index (χ3v) is 6.54. The van der Waals surface area contributed by atoms with Crippen molar-refractivity contribution < 1.29 is 4.79 Å². The second-order valence-electron chi connectivity index (χ2n) is 8.94. The van der Waals surface area contributed by atoms with E-state index in [9.17, 15) is 4.79 Å². The summed E-state index contributed by atoms with van der Waals surface area (Å²) in [5.74, 6) is 2.63. The number of nitrogens with one attached hydrogen (secondary N) is 2. The van der Waals surface area contributed by atoms with E-state index >= 15 is 0 Å². The summed E-state index contributed by atoms with van der Waals surface area (Å²) in [5.41, 5.74) is 5.30. The van der Waals surface area contributed by atoms with E-state index in [2.05, 4.69) is 50.5 Å². The Kier molecular flexibility index (Phi) is 4.93. The Morgan fingerprint density at radius 1 is 1.30 bits per heavy atom. The van der Waals surface area contributed by atoms with Crippen LogP contribution in [-0.2, 0) is 5.41 Å². The van der Waals surface area contributed by atoms with Crippen molar-refractivity contribution in [2.75, 3.05) is 18.2 Å². The first kappa shape index (κ1) is 18.8. The molecular weight excluding hydrogens is 354 g/mol. The first-order valence-corrected chi connectivity index (χ1v) is 11.0. The van der Waals surface area contributed by atoms with E-state index in [1.54, 1.807) is 0 Å². The van der Waals surface area contributed by atoms with E-state index in [1.807, 2.05) is 17.8 Å². The Morgan fingerprint density at radius 3 is 2.70 bits per heavy atom. The van der Waals surface area contributed by atoms with Gasteiger partial charge in [0, 0.05) is 29.6 Å². The molecule has 1 atom stereocenters. The van der Waals surface area contributed by atoms with Gasteiger partial charge in [0.05, 0.1) is 5.52 Å². The first-order chi connectivity index (χ1) is 12.8. The van der Waals surface area contributed by atoms with Gasteiger partial charge in [0.25, 0.3) is 5.91 Å². The van der Waals surface area contributed by atoms with Crippen molar-refractivity contribution in [3.8, 4) is 0 Å². The Morgan fingerprint density at radius 2 is 2.07 bits per heavy atom. The summed E-state index contributed by atoms with van der Waals surface area (Å²) in [7, 11) is 0. The fraction of sp³-hybridized carbons (Fsp3) is 0.545. The first-order valence-electron chi connectivity index (χ1n) is 9.88. The van der Waals surface area contributed by atoms with Gasteiger partial charge >= 0.3 is 0 Å². The Bertz CT molecular complexity index is 877. The van der Waals surface area contributed by atoms with Crippen LogP contribution in [0.2, 0.25) is 0 Å². The Hall–Kier alpha value is -1.59. The molecule has 5 heteroatoms. The average molecular weight is 384 g/mol. The van der Waals surface area contributed by atoms with Crippen LogP contribution >= 0.6 is 11.8 Å². The SMILES string of the molecule is Cc1cc(C(=O)NC[C@@H]2CSCN2)nc2c(C(C)(C)C)cc(C3CC3)cc12. The topological polar surface area (TPSA) is 54.0 Å². The van der Waals surface area contributed by atoms with E-state index in [4.69, 9.17) is 4.98 Å². The van der Waals surface area contributed by atoms with Gasteiger partial charge in [-0.15, -0.1) is 11.8 Å². The minimum atomic E-state index is -0.0789. The van der Waals surface area contributed by atoms with E-state index in [0.29, 0.717) is 24.2 Å². The van der Waals surface area contributed by atoms with Crippen LogP contribution in [0.4, 0.5) is 0 Å². The molecule has 1 aromatic heterocycles.